The van der Waals surface area contributed by atoms with Crippen molar-refractivity contribution in [1.82, 2.24) is 4.98 Å². The Morgan fingerprint density at radius 1 is 1.33 bits per heavy atom. The Labute approximate surface area is 127 Å². The summed E-state index contributed by atoms with van der Waals surface area (Å²) in [5, 5.41) is 11.8. The maximum Gasteiger partial charge on any atom is 0.230 e. The van der Waals surface area contributed by atoms with Crippen molar-refractivity contribution in [2.24, 2.45) is 0 Å². The number of rotatable bonds is 3. The molecule has 4 nitrogen and oxygen atoms in total. The molecule has 0 saturated heterocycles. The fourth-order valence-corrected chi connectivity index (χ4v) is 1.87. The van der Waals surface area contributed by atoms with Gasteiger partial charge in [0.2, 0.25) is 5.91 Å². The molecule has 0 radical (unpaired) electrons. The molecule has 0 fully saturated rings. The number of anilines is 1. The van der Waals surface area contributed by atoms with E-state index in [2.05, 4.69) is 22.1 Å². The van der Waals surface area contributed by atoms with Gasteiger partial charge >= 0.3 is 0 Å². The fraction of sp³-hybridized carbons (Fsp3) is 0.125. The average Bonchev–Trinajstić information content (AvgIpc) is 2.49. The van der Waals surface area contributed by atoms with Gasteiger partial charge in [0.25, 0.3) is 0 Å². The summed E-state index contributed by atoms with van der Waals surface area (Å²) in [5.41, 5.74) is 1.84. The molecular formula is C16H13ClN2O2. The van der Waals surface area contributed by atoms with Crippen molar-refractivity contribution in [2.75, 3.05) is 11.9 Å². The van der Waals surface area contributed by atoms with Gasteiger partial charge in [-0.15, -0.1) is 0 Å². The number of carbonyl (C=O) groups is 1. The van der Waals surface area contributed by atoms with Gasteiger partial charge in [-0.2, -0.15) is 0 Å². The predicted molar refractivity (Wildman–Crippen MR) is 82.0 cm³/mol. The maximum absolute atomic E-state index is 12.0. The van der Waals surface area contributed by atoms with Crippen molar-refractivity contribution >= 4 is 23.2 Å². The predicted octanol–water partition coefficient (Wildman–Crippen LogP) is 2.26. The summed E-state index contributed by atoms with van der Waals surface area (Å²) in [7, 11) is 0. The summed E-state index contributed by atoms with van der Waals surface area (Å²) in [6.45, 7) is -0.218. The van der Waals surface area contributed by atoms with Crippen LogP contribution in [-0.4, -0.2) is 22.6 Å². The number of aromatic nitrogens is 1. The number of nitrogens with one attached hydrogen (secondary N) is 1. The molecule has 1 aromatic heterocycles. The SMILES string of the molecule is O=C(Cc1ccccn1)Nc1cc(C#CCO)ccc1Cl. The minimum Gasteiger partial charge on any atom is -0.384 e. The van der Waals surface area contributed by atoms with Gasteiger partial charge in [0, 0.05) is 17.5 Å². The molecule has 0 aliphatic rings. The molecule has 0 aliphatic carbocycles. The number of carbonyl (C=O) groups excluding carboxylic acids is 1. The van der Waals surface area contributed by atoms with Gasteiger partial charge in [-0.3, -0.25) is 9.78 Å². The molecule has 2 aromatic rings. The van der Waals surface area contributed by atoms with Crippen LogP contribution < -0.4 is 5.32 Å². The van der Waals surface area contributed by atoms with Crippen LogP contribution in [0.4, 0.5) is 5.69 Å². The van der Waals surface area contributed by atoms with Crippen LogP contribution in [0.3, 0.4) is 0 Å². The van der Waals surface area contributed by atoms with Gasteiger partial charge in [0.05, 0.1) is 17.1 Å². The number of aliphatic hydroxyl groups is 1. The molecule has 0 atom stereocenters. The van der Waals surface area contributed by atoms with Crippen LogP contribution in [-0.2, 0) is 11.2 Å². The van der Waals surface area contributed by atoms with Crippen LogP contribution in [0, 0.1) is 11.8 Å². The number of halogens is 1. The summed E-state index contributed by atoms with van der Waals surface area (Å²) >= 11 is 6.05. The van der Waals surface area contributed by atoms with Gasteiger partial charge in [-0.25, -0.2) is 0 Å². The largest absolute Gasteiger partial charge is 0.384 e. The summed E-state index contributed by atoms with van der Waals surface area (Å²) in [6.07, 6.45) is 1.81. The van der Waals surface area contributed by atoms with Crippen LogP contribution in [0.2, 0.25) is 5.02 Å². The minimum atomic E-state index is -0.218. The van der Waals surface area contributed by atoms with Gasteiger partial charge in [0.15, 0.2) is 0 Å². The van der Waals surface area contributed by atoms with Gasteiger partial charge in [-0.05, 0) is 30.3 Å². The molecular weight excluding hydrogens is 288 g/mol. The Bertz CT molecular complexity index is 690. The first-order chi connectivity index (χ1) is 10.2. The maximum atomic E-state index is 12.0. The summed E-state index contributed by atoms with van der Waals surface area (Å²) < 4.78 is 0. The van der Waals surface area contributed by atoms with Crippen molar-refractivity contribution in [2.45, 2.75) is 6.42 Å². The van der Waals surface area contributed by atoms with Crippen LogP contribution in [0.1, 0.15) is 11.3 Å². The standard InChI is InChI=1S/C16H13ClN2O2/c17-14-7-6-12(4-3-9-20)10-15(14)19-16(21)11-13-5-1-2-8-18-13/h1-2,5-8,10,20H,9,11H2,(H,19,21). The molecule has 1 aromatic carbocycles. The van der Waals surface area contributed by atoms with Crippen LogP contribution in [0.15, 0.2) is 42.6 Å². The smallest absolute Gasteiger partial charge is 0.230 e. The second kappa shape index (κ2) is 7.44. The van der Waals surface area contributed by atoms with E-state index in [1.807, 2.05) is 6.07 Å². The van der Waals surface area contributed by atoms with Crippen LogP contribution >= 0.6 is 11.6 Å². The van der Waals surface area contributed by atoms with Crippen molar-refractivity contribution < 1.29 is 9.90 Å². The Balaban J connectivity index is 2.09. The van der Waals surface area contributed by atoms with E-state index in [1.165, 1.54) is 0 Å². The number of aliphatic hydroxyl groups excluding tert-OH is 1. The number of hydrogen-bond donors (Lipinski definition) is 2. The molecule has 1 heterocycles. The van der Waals surface area contributed by atoms with E-state index in [1.54, 1.807) is 36.5 Å². The normalized spacial score (nSPS) is 9.62. The molecule has 1 amide bonds. The molecule has 0 aliphatic heterocycles. The third-order valence-corrected chi connectivity index (χ3v) is 2.95. The highest BCUT2D eigenvalue weighted by Gasteiger charge is 2.08. The number of amides is 1. The van der Waals surface area contributed by atoms with Crippen LogP contribution in [0.25, 0.3) is 0 Å². The van der Waals surface area contributed by atoms with E-state index in [0.717, 1.165) is 0 Å². The third kappa shape index (κ3) is 4.60. The summed E-state index contributed by atoms with van der Waals surface area (Å²) in [4.78, 5) is 16.1. The third-order valence-electron chi connectivity index (χ3n) is 2.62. The Hall–Kier alpha value is -2.35. The van der Waals surface area contributed by atoms with E-state index < -0.39 is 0 Å². The quantitative estimate of drug-likeness (QED) is 0.855. The number of hydrogen-bond acceptors (Lipinski definition) is 3. The zero-order valence-electron chi connectivity index (χ0n) is 11.1. The Kier molecular flexibility index (Phi) is 5.33. The summed E-state index contributed by atoms with van der Waals surface area (Å²) in [5.74, 6) is 5.10. The summed E-state index contributed by atoms with van der Waals surface area (Å²) in [6, 6.07) is 10.4. The van der Waals surface area contributed by atoms with E-state index in [9.17, 15) is 4.79 Å². The lowest BCUT2D eigenvalue weighted by molar-refractivity contribution is -0.115. The first-order valence-electron chi connectivity index (χ1n) is 6.28. The second-order valence-corrected chi connectivity index (χ2v) is 4.61. The number of pyridine rings is 1. The lowest BCUT2D eigenvalue weighted by atomic mass is 10.2. The Morgan fingerprint density at radius 3 is 2.90 bits per heavy atom. The highest BCUT2D eigenvalue weighted by atomic mass is 35.5. The molecule has 0 spiro atoms. The van der Waals surface area contributed by atoms with E-state index >= 15 is 0 Å². The van der Waals surface area contributed by atoms with Crippen molar-refractivity contribution in [3.63, 3.8) is 0 Å². The van der Waals surface area contributed by atoms with Gasteiger partial charge in [0.1, 0.15) is 6.61 Å². The van der Waals surface area contributed by atoms with Crippen molar-refractivity contribution in [3.8, 4) is 11.8 Å². The molecule has 2 N–H and O–H groups in total. The zero-order chi connectivity index (χ0) is 15.1. The van der Waals surface area contributed by atoms with Gasteiger partial charge < -0.3 is 10.4 Å². The molecule has 21 heavy (non-hydrogen) atoms. The molecule has 0 bridgehead atoms. The Morgan fingerprint density at radius 2 is 2.19 bits per heavy atom. The van der Waals surface area contributed by atoms with Crippen molar-refractivity contribution in [3.05, 3.63) is 58.9 Å². The molecule has 0 saturated carbocycles. The minimum absolute atomic E-state index is 0.170. The van der Waals surface area contributed by atoms with E-state index in [-0.39, 0.29) is 18.9 Å². The van der Waals surface area contributed by atoms with E-state index in [4.69, 9.17) is 16.7 Å². The molecule has 2 rings (SSSR count). The molecule has 5 heteroatoms. The zero-order valence-corrected chi connectivity index (χ0v) is 11.9. The first kappa shape index (κ1) is 15.0. The average molecular weight is 301 g/mol. The lowest BCUT2D eigenvalue weighted by Crippen LogP contribution is -2.15. The highest BCUT2D eigenvalue weighted by molar-refractivity contribution is 6.33. The topological polar surface area (TPSA) is 62.2 Å². The monoisotopic (exact) mass is 300 g/mol. The number of nitrogens with zero attached hydrogens (tertiary/aromatic N) is 1. The van der Waals surface area contributed by atoms with Crippen molar-refractivity contribution in [1.29, 1.82) is 0 Å². The number of benzene rings is 1. The molecule has 0 unspecified atom stereocenters. The van der Waals surface area contributed by atoms with Crippen LogP contribution in [0.5, 0.6) is 0 Å². The van der Waals surface area contributed by atoms with Gasteiger partial charge in [-0.1, -0.05) is 29.5 Å². The molecule has 106 valence electrons. The second-order valence-electron chi connectivity index (χ2n) is 4.20. The highest BCUT2D eigenvalue weighted by Crippen LogP contribution is 2.22. The fourth-order valence-electron chi connectivity index (χ4n) is 1.70. The lowest BCUT2D eigenvalue weighted by Gasteiger charge is -2.07. The van der Waals surface area contributed by atoms with E-state index in [0.29, 0.717) is 22.0 Å². The first-order valence-corrected chi connectivity index (χ1v) is 6.66.